The summed E-state index contributed by atoms with van der Waals surface area (Å²) < 4.78 is 5.92. The molecule has 8 heteroatoms. The van der Waals surface area contributed by atoms with Crippen LogP contribution in [0.5, 0.6) is 5.75 Å². The number of carboxylic acids is 2. The van der Waals surface area contributed by atoms with E-state index in [4.69, 9.17) is 14.9 Å². The van der Waals surface area contributed by atoms with E-state index in [1.807, 2.05) is 0 Å². The number of amides is 1. The zero-order valence-electron chi connectivity index (χ0n) is 10.2. The number of halogens is 1. The van der Waals surface area contributed by atoms with E-state index in [-0.39, 0.29) is 0 Å². The molecule has 0 aliphatic carbocycles. The number of hydrogen-bond donors (Lipinski definition) is 3. The predicted octanol–water partition coefficient (Wildman–Crippen LogP) is 0.872. The second-order valence-electron chi connectivity index (χ2n) is 3.80. The third-order valence-electron chi connectivity index (χ3n) is 2.18. The predicted molar refractivity (Wildman–Crippen MR) is 71.5 cm³/mol. The molecule has 1 aromatic rings. The van der Waals surface area contributed by atoms with Crippen LogP contribution in [0.15, 0.2) is 28.7 Å². The van der Waals surface area contributed by atoms with Crippen LogP contribution >= 0.6 is 15.9 Å². The number of aliphatic carboxylic acids is 2. The van der Waals surface area contributed by atoms with Crippen molar-refractivity contribution in [1.29, 1.82) is 0 Å². The lowest BCUT2D eigenvalue weighted by Gasteiger charge is -2.13. The Balaban J connectivity index is 2.49. The molecule has 108 valence electrons. The molecule has 0 saturated carbocycles. The van der Waals surface area contributed by atoms with Gasteiger partial charge in [-0.2, -0.15) is 0 Å². The van der Waals surface area contributed by atoms with Crippen LogP contribution in [-0.2, 0) is 14.4 Å². The van der Waals surface area contributed by atoms with Gasteiger partial charge in [-0.05, 0) is 18.2 Å². The van der Waals surface area contributed by atoms with Gasteiger partial charge in [0.1, 0.15) is 11.8 Å². The van der Waals surface area contributed by atoms with Gasteiger partial charge in [-0.1, -0.05) is 22.0 Å². The van der Waals surface area contributed by atoms with E-state index in [9.17, 15) is 14.4 Å². The van der Waals surface area contributed by atoms with Crippen molar-refractivity contribution in [3.63, 3.8) is 0 Å². The van der Waals surface area contributed by atoms with Gasteiger partial charge in [0.15, 0.2) is 6.61 Å². The van der Waals surface area contributed by atoms with Gasteiger partial charge < -0.3 is 20.3 Å². The third kappa shape index (κ3) is 5.70. The van der Waals surface area contributed by atoms with E-state index in [1.54, 1.807) is 24.3 Å². The van der Waals surface area contributed by atoms with E-state index < -0.39 is 36.9 Å². The minimum Gasteiger partial charge on any atom is -0.484 e. The fraction of sp³-hybridized carbons (Fsp3) is 0.250. The highest BCUT2D eigenvalue weighted by molar-refractivity contribution is 9.10. The Labute approximate surface area is 122 Å². The van der Waals surface area contributed by atoms with Gasteiger partial charge in [-0.3, -0.25) is 9.59 Å². The number of rotatable bonds is 7. The first-order valence-corrected chi connectivity index (χ1v) is 6.30. The molecule has 0 bridgehead atoms. The van der Waals surface area contributed by atoms with Crippen molar-refractivity contribution in [2.24, 2.45) is 0 Å². The summed E-state index contributed by atoms with van der Waals surface area (Å²) in [5.41, 5.74) is 0. The Morgan fingerprint density at radius 1 is 1.30 bits per heavy atom. The monoisotopic (exact) mass is 345 g/mol. The topological polar surface area (TPSA) is 113 Å². The molecular formula is C12H12BrNO6. The molecule has 7 nitrogen and oxygen atoms in total. The summed E-state index contributed by atoms with van der Waals surface area (Å²) in [7, 11) is 0. The molecule has 1 atom stereocenters. The maximum Gasteiger partial charge on any atom is 0.326 e. The molecule has 1 amide bonds. The average Bonchev–Trinajstić information content (AvgIpc) is 2.35. The van der Waals surface area contributed by atoms with Gasteiger partial charge in [0.25, 0.3) is 5.91 Å². The number of carboxylic acid groups (broad SMARTS) is 2. The minimum atomic E-state index is -1.48. The van der Waals surface area contributed by atoms with E-state index in [1.165, 1.54) is 0 Å². The van der Waals surface area contributed by atoms with Gasteiger partial charge in [0, 0.05) is 4.47 Å². The van der Waals surface area contributed by atoms with Gasteiger partial charge in [-0.25, -0.2) is 4.79 Å². The molecule has 1 aromatic carbocycles. The molecule has 3 N–H and O–H groups in total. The Hall–Kier alpha value is -2.09. The molecule has 0 aromatic heterocycles. The highest BCUT2D eigenvalue weighted by atomic mass is 79.9. The SMILES string of the molecule is O=C(O)C[C@@H](NC(=O)COc1cccc(Br)c1)C(=O)O. The number of nitrogens with one attached hydrogen (secondary N) is 1. The summed E-state index contributed by atoms with van der Waals surface area (Å²) in [4.78, 5) is 32.7. The van der Waals surface area contributed by atoms with Crippen LogP contribution in [0, 0.1) is 0 Å². The number of carbonyl (C=O) groups excluding carboxylic acids is 1. The van der Waals surface area contributed by atoms with E-state index >= 15 is 0 Å². The van der Waals surface area contributed by atoms with E-state index in [2.05, 4.69) is 21.2 Å². The molecule has 0 fully saturated rings. The Morgan fingerprint density at radius 2 is 2.00 bits per heavy atom. The maximum absolute atomic E-state index is 11.5. The van der Waals surface area contributed by atoms with Crippen LogP contribution in [0.1, 0.15) is 6.42 Å². The van der Waals surface area contributed by atoms with Gasteiger partial charge in [0.2, 0.25) is 0 Å². The first-order chi connectivity index (χ1) is 9.38. The summed E-state index contributed by atoms with van der Waals surface area (Å²) in [6.07, 6.45) is -0.696. The molecule has 0 spiro atoms. The van der Waals surface area contributed by atoms with Gasteiger partial charge in [-0.15, -0.1) is 0 Å². The lowest BCUT2D eigenvalue weighted by atomic mass is 10.2. The van der Waals surface area contributed by atoms with E-state index in [0.717, 1.165) is 4.47 Å². The smallest absolute Gasteiger partial charge is 0.326 e. The second kappa shape index (κ2) is 7.49. The second-order valence-corrected chi connectivity index (χ2v) is 4.72. The first-order valence-electron chi connectivity index (χ1n) is 5.51. The summed E-state index contributed by atoms with van der Waals surface area (Å²) in [6, 6.07) is 5.27. The quantitative estimate of drug-likeness (QED) is 0.675. The molecule has 0 heterocycles. The number of hydrogen-bond acceptors (Lipinski definition) is 4. The molecule has 0 radical (unpaired) electrons. The molecule has 0 saturated heterocycles. The van der Waals surface area contributed by atoms with Crippen molar-refractivity contribution in [3.8, 4) is 5.75 Å². The minimum absolute atomic E-state index is 0.403. The zero-order valence-corrected chi connectivity index (χ0v) is 11.8. The normalized spacial score (nSPS) is 11.4. The van der Waals surface area contributed by atoms with Gasteiger partial charge in [0.05, 0.1) is 6.42 Å². The molecule has 20 heavy (non-hydrogen) atoms. The number of benzene rings is 1. The largest absolute Gasteiger partial charge is 0.484 e. The Morgan fingerprint density at radius 3 is 2.55 bits per heavy atom. The summed E-state index contributed by atoms with van der Waals surface area (Å²) in [6.45, 7) is -0.403. The number of ether oxygens (including phenoxy) is 1. The van der Waals surface area contributed by atoms with Crippen LogP contribution in [0.4, 0.5) is 0 Å². The lowest BCUT2D eigenvalue weighted by molar-refractivity contribution is -0.147. The average molecular weight is 346 g/mol. The van der Waals surface area contributed by atoms with Crippen molar-refractivity contribution >= 4 is 33.8 Å². The lowest BCUT2D eigenvalue weighted by Crippen LogP contribution is -2.44. The summed E-state index contributed by atoms with van der Waals surface area (Å²) in [5.74, 6) is -3.01. The Bertz CT molecular complexity index is 518. The van der Waals surface area contributed by atoms with Crippen LogP contribution in [0.3, 0.4) is 0 Å². The fourth-order valence-corrected chi connectivity index (χ4v) is 1.69. The van der Waals surface area contributed by atoms with Crippen LogP contribution in [0.25, 0.3) is 0 Å². The van der Waals surface area contributed by atoms with Crippen LogP contribution < -0.4 is 10.1 Å². The fourth-order valence-electron chi connectivity index (χ4n) is 1.32. The molecule has 0 unspecified atom stereocenters. The zero-order chi connectivity index (χ0) is 15.1. The van der Waals surface area contributed by atoms with Crippen molar-refractivity contribution in [2.45, 2.75) is 12.5 Å². The van der Waals surface area contributed by atoms with Gasteiger partial charge >= 0.3 is 11.9 Å². The van der Waals surface area contributed by atoms with Crippen molar-refractivity contribution in [2.75, 3.05) is 6.61 Å². The molecule has 0 aliphatic rings. The van der Waals surface area contributed by atoms with Crippen molar-refractivity contribution in [3.05, 3.63) is 28.7 Å². The number of carbonyl (C=O) groups is 3. The molecular weight excluding hydrogens is 334 g/mol. The molecule has 1 rings (SSSR count). The highest BCUT2D eigenvalue weighted by Crippen LogP contribution is 2.17. The maximum atomic E-state index is 11.5. The third-order valence-corrected chi connectivity index (χ3v) is 2.67. The Kier molecular flexibility index (Phi) is 5.98. The van der Waals surface area contributed by atoms with Crippen molar-refractivity contribution < 1.29 is 29.3 Å². The summed E-state index contributed by atoms with van der Waals surface area (Å²) >= 11 is 3.23. The van der Waals surface area contributed by atoms with Crippen LogP contribution in [0.2, 0.25) is 0 Å². The van der Waals surface area contributed by atoms with E-state index in [0.29, 0.717) is 5.75 Å². The van der Waals surface area contributed by atoms with Crippen LogP contribution in [-0.4, -0.2) is 40.7 Å². The standard InChI is InChI=1S/C12H12BrNO6/c13-7-2-1-3-8(4-7)20-6-10(15)14-9(12(18)19)5-11(16)17/h1-4,9H,5-6H2,(H,14,15)(H,16,17)(H,18,19)/t9-/m1/s1. The molecule has 0 aliphatic heterocycles. The highest BCUT2D eigenvalue weighted by Gasteiger charge is 2.23. The van der Waals surface area contributed by atoms with Crippen molar-refractivity contribution in [1.82, 2.24) is 5.32 Å². The first kappa shape index (κ1) is 16.0. The summed E-state index contributed by atoms with van der Waals surface area (Å²) in [5, 5.41) is 19.4.